The van der Waals surface area contributed by atoms with Gasteiger partial charge in [-0.3, -0.25) is 4.79 Å². The second-order valence-electron chi connectivity index (χ2n) is 4.16. The highest BCUT2D eigenvalue weighted by Gasteiger charge is 2.60. The molecule has 1 nitrogen and oxygen atoms in total. The maximum Gasteiger partial charge on any atom is 0.146 e. The van der Waals surface area contributed by atoms with Crippen molar-refractivity contribution in [1.29, 1.82) is 0 Å². The van der Waals surface area contributed by atoms with Gasteiger partial charge in [0.15, 0.2) is 0 Å². The lowest BCUT2D eigenvalue weighted by Gasteiger charge is -2.17. The van der Waals surface area contributed by atoms with Crippen molar-refractivity contribution < 1.29 is 4.79 Å². The smallest absolute Gasteiger partial charge is 0.146 e. The molecule has 68 valence electrons. The molecule has 0 bridgehead atoms. The van der Waals surface area contributed by atoms with Gasteiger partial charge in [-0.25, -0.2) is 0 Å². The van der Waals surface area contributed by atoms with Crippen molar-refractivity contribution in [3.05, 3.63) is 0 Å². The van der Waals surface area contributed by atoms with Gasteiger partial charge in [0, 0.05) is 21.5 Å². The third-order valence-electron chi connectivity index (χ3n) is 3.18. The molecule has 0 unspecified atom stereocenters. The van der Waals surface area contributed by atoms with Gasteiger partial charge in [-0.1, -0.05) is 31.9 Å². The Morgan fingerprint density at radius 2 is 1.33 bits per heavy atom. The fraction of sp³-hybridized carbons (Fsp3) is 0.889. The number of rotatable bonds is 4. The fourth-order valence-corrected chi connectivity index (χ4v) is 3.34. The Bertz CT molecular complexity index is 195. The first kappa shape index (κ1) is 9.20. The second kappa shape index (κ2) is 2.81. The predicted octanol–water partition coefficient (Wildman–Crippen LogP) is 2.91. The van der Waals surface area contributed by atoms with Gasteiger partial charge in [0.2, 0.25) is 0 Å². The average Bonchev–Trinajstić information content (AvgIpc) is 3.00. The van der Waals surface area contributed by atoms with Crippen LogP contribution >= 0.6 is 31.9 Å². The third-order valence-corrected chi connectivity index (χ3v) is 5.33. The minimum Gasteiger partial charge on any atom is -0.298 e. The molecule has 0 atom stereocenters. The zero-order valence-electron chi connectivity index (χ0n) is 6.91. The van der Waals surface area contributed by atoms with Gasteiger partial charge in [-0.15, -0.1) is 0 Å². The molecule has 2 aliphatic carbocycles. The number of hydrogen-bond acceptors (Lipinski definition) is 1. The number of halogens is 2. The van der Waals surface area contributed by atoms with Crippen molar-refractivity contribution in [2.45, 2.75) is 25.7 Å². The number of Topliss-reactive ketones (excluding diaryl/α,β-unsaturated/α-hetero) is 1. The molecule has 2 rings (SSSR count). The van der Waals surface area contributed by atoms with Gasteiger partial charge in [-0.05, 0) is 25.7 Å². The first-order valence-corrected chi connectivity index (χ1v) is 6.60. The monoisotopic (exact) mass is 294 g/mol. The average molecular weight is 296 g/mol. The number of alkyl halides is 2. The number of hydrogen-bond donors (Lipinski definition) is 0. The van der Waals surface area contributed by atoms with Crippen LogP contribution in [0.5, 0.6) is 0 Å². The predicted molar refractivity (Wildman–Crippen MR) is 55.9 cm³/mol. The van der Waals surface area contributed by atoms with E-state index in [1.807, 2.05) is 0 Å². The van der Waals surface area contributed by atoms with Crippen molar-refractivity contribution in [3.8, 4) is 0 Å². The molecule has 0 amide bonds. The van der Waals surface area contributed by atoms with Gasteiger partial charge in [-0.2, -0.15) is 0 Å². The molecule has 0 aromatic rings. The van der Waals surface area contributed by atoms with Crippen molar-refractivity contribution in [3.63, 3.8) is 0 Å². The molecular formula is C9H12Br2O. The maximum atomic E-state index is 12.0. The molecule has 0 spiro atoms. The van der Waals surface area contributed by atoms with Crippen LogP contribution in [0.4, 0.5) is 0 Å². The van der Waals surface area contributed by atoms with E-state index in [-0.39, 0.29) is 10.8 Å². The van der Waals surface area contributed by atoms with E-state index >= 15 is 0 Å². The van der Waals surface area contributed by atoms with Crippen LogP contribution in [-0.4, -0.2) is 16.4 Å². The molecule has 0 radical (unpaired) electrons. The standard InChI is InChI=1S/C9H12Br2O/c10-5-8(1-2-8)7(12)9(6-11)3-4-9/h1-6H2. The number of ketones is 1. The van der Waals surface area contributed by atoms with Crippen molar-refractivity contribution in [2.24, 2.45) is 10.8 Å². The molecular weight excluding hydrogens is 284 g/mol. The summed E-state index contributed by atoms with van der Waals surface area (Å²) in [5, 5.41) is 1.74. The van der Waals surface area contributed by atoms with E-state index in [0.717, 1.165) is 36.3 Å². The summed E-state index contributed by atoms with van der Waals surface area (Å²) in [6.07, 6.45) is 4.41. The van der Waals surface area contributed by atoms with E-state index < -0.39 is 0 Å². The van der Waals surface area contributed by atoms with Crippen LogP contribution in [-0.2, 0) is 4.79 Å². The molecule has 3 heteroatoms. The second-order valence-corrected chi connectivity index (χ2v) is 5.28. The molecule has 0 saturated heterocycles. The largest absolute Gasteiger partial charge is 0.298 e. The maximum absolute atomic E-state index is 12.0. The SMILES string of the molecule is O=C(C1(CBr)CC1)C1(CBr)CC1. The highest BCUT2D eigenvalue weighted by molar-refractivity contribution is 9.09. The Balaban J connectivity index is 2.10. The van der Waals surface area contributed by atoms with Gasteiger partial charge < -0.3 is 0 Å². The molecule has 0 aromatic carbocycles. The summed E-state index contributed by atoms with van der Waals surface area (Å²) in [5.74, 6) is 0.517. The summed E-state index contributed by atoms with van der Waals surface area (Å²) >= 11 is 6.89. The summed E-state index contributed by atoms with van der Waals surface area (Å²) < 4.78 is 0. The Morgan fingerprint density at radius 3 is 1.50 bits per heavy atom. The lowest BCUT2D eigenvalue weighted by atomic mass is 9.90. The minimum atomic E-state index is 0.0459. The highest BCUT2D eigenvalue weighted by atomic mass is 79.9. The first-order valence-electron chi connectivity index (χ1n) is 4.36. The van der Waals surface area contributed by atoms with E-state index in [2.05, 4.69) is 31.9 Å². The number of carbonyl (C=O) groups is 1. The summed E-state index contributed by atoms with van der Waals surface area (Å²) in [4.78, 5) is 12.0. The lowest BCUT2D eigenvalue weighted by molar-refractivity contribution is -0.127. The van der Waals surface area contributed by atoms with Crippen LogP contribution in [0.25, 0.3) is 0 Å². The molecule has 0 heterocycles. The van der Waals surface area contributed by atoms with Crippen LogP contribution in [0.1, 0.15) is 25.7 Å². The molecule has 2 fully saturated rings. The van der Waals surface area contributed by atoms with E-state index in [0.29, 0.717) is 5.78 Å². The van der Waals surface area contributed by atoms with E-state index in [4.69, 9.17) is 0 Å². The molecule has 0 aliphatic heterocycles. The van der Waals surface area contributed by atoms with Crippen LogP contribution in [0.3, 0.4) is 0 Å². The highest BCUT2D eigenvalue weighted by Crippen LogP contribution is 2.59. The zero-order valence-corrected chi connectivity index (χ0v) is 10.1. The zero-order chi connectivity index (χ0) is 8.82. The van der Waals surface area contributed by atoms with Crippen molar-refractivity contribution in [2.75, 3.05) is 10.7 Å². The fourth-order valence-electron chi connectivity index (χ4n) is 1.71. The minimum absolute atomic E-state index is 0.0459. The van der Waals surface area contributed by atoms with Gasteiger partial charge >= 0.3 is 0 Å². The van der Waals surface area contributed by atoms with Gasteiger partial charge in [0.05, 0.1) is 0 Å². The molecule has 2 aliphatic rings. The topological polar surface area (TPSA) is 17.1 Å². The van der Waals surface area contributed by atoms with Crippen LogP contribution in [0.2, 0.25) is 0 Å². The summed E-state index contributed by atoms with van der Waals surface area (Å²) in [5.41, 5.74) is 0.0918. The Hall–Kier alpha value is 0.630. The van der Waals surface area contributed by atoms with Gasteiger partial charge in [0.25, 0.3) is 0 Å². The van der Waals surface area contributed by atoms with Crippen LogP contribution in [0.15, 0.2) is 0 Å². The Morgan fingerprint density at radius 1 is 1.00 bits per heavy atom. The van der Waals surface area contributed by atoms with Crippen LogP contribution < -0.4 is 0 Å². The van der Waals surface area contributed by atoms with E-state index in [1.165, 1.54) is 0 Å². The van der Waals surface area contributed by atoms with Crippen molar-refractivity contribution in [1.82, 2.24) is 0 Å². The van der Waals surface area contributed by atoms with E-state index in [1.54, 1.807) is 0 Å². The first-order chi connectivity index (χ1) is 5.69. The Kier molecular flexibility index (Phi) is 2.15. The summed E-state index contributed by atoms with van der Waals surface area (Å²) in [6, 6.07) is 0. The van der Waals surface area contributed by atoms with Crippen molar-refractivity contribution >= 4 is 37.6 Å². The Labute approximate surface area is 89.5 Å². The normalized spacial score (nSPS) is 28.2. The summed E-state index contributed by atoms with van der Waals surface area (Å²) in [7, 11) is 0. The molecule has 0 N–H and O–H groups in total. The lowest BCUT2D eigenvalue weighted by Crippen LogP contribution is -2.28. The molecule has 0 aromatic heterocycles. The number of carbonyl (C=O) groups excluding carboxylic acids is 1. The van der Waals surface area contributed by atoms with Gasteiger partial charge in [0.1, 0.15) is 5.78 Å². The van der Waals surface area contributed by atoms with Crippen LogP contribution in [0, 0.1) is 10.8 Å². The molecule has 12 heavy (non-hydrogen) atoms. The molecule has 2 saturated carbocycles. The summed E-state index contributed by atoms with van der Waals surface area (Å²) in [6.45, 7) is 0. The van der Waals surface area contributed by atoms with E-state index in [9.17, 15) is 4.79 Å². The third kappa shape index (κ3) is 1.20. The quantitative estimate of drug-likeness (QED) is 0.729.